The highest BCUT2D eigenvalue weighted by atomic mass is 19.1. The molecule has 84 valence electrons. The zero-order valence-corrected chi connectivity index (χ0v) is 9.25. The molecule has 0 radical (unpaired) electrons. The standard InChI is InChI=1S/C12H13FN2O/c1-8-3-4-11(13)10(5-8)12-15-9(6-14-2)7-16-12/h3-5,7,14H,6H2,1-2H3. The summed E-state index contributed by atoms with van der Waals surface area (Å²) in [7, 11) is 1.82. The molecule has 1 aromatic heterocycles. The van der Waals surface area contributed by atoms with Gasteiger partial charge in [-0.05, 0) is 26.1 Å². The topological polar surface area (TPSA) is 38.1 Å². The largest absolute Gasteiger partial charge is 0.444 e. The van der Waals surface area contributed by atoms with Gasteiger partial charge in [0, 0.05) is 6.54 Å². The lowest BCUT2D eigenvalue weighted by atomic mass is 10.1. The Morgan fingerprint density at radius 1 is 1.44 bits per heavy atom. The summed E-state index contributed by atoms with van der Waals surface area (Å²) in [4.78, 5) is 4.20. The van der Waals surface area contributed by atoms with Gasteiger partial charge in [-0.2, -0.15) is 0 Å². The predicted molar refractivity (Wildman–Crippen MR) is 59.4 cm³/mol. The van der Waals surface area contributed by atoms with E-state index in [4.69, 9.17) is 4.42 Å². The first-order chi connectivity index (χ1) is 7.70. The Kier molecular flexibility index (Phi) is 3.01. The summed E-state index contributed by atoms with van der Waals surface area (Å²) in [6.07, 6.45) is 1.54. The zero-order chi connectivity index (χ0) is 11.5. The molecule has 3 nitrogen and oxygen atoms in total. The van der Waals surface area contributed by atoms with E-state index >= 15 is 0 Å². The van der Waals surface area contributed by atoms with Crippen molar-refractivity contribution in [3.05, 3.63) is 41.5 Å². The molecule has 0 aliphatic carbocycles. The quantitative estimate of drug-likeness (QED) is 0.863. The predicted octanol–water partition coefficient (Wildman–Crippen LogP) is 2.51. The maximum atomic E-state index is 13.5. The van der Waals surface area contributed by atoms with E-state index in [1.54, 1.807) is 12.1 Å². The van der Waals surface area contributed by atoms with Crippen LogP contribution in [0.1, 0.15) is 11.3 Å². The van der Waals surface area contributed by atoms with Crippen LogP contribution in [0.5, 0.6) is 0 Å². The SMILES string of the molecule is CNCc1coc(-c2cc(C)ccc2F)n1. The van der Waals surface area contributed by atoms with Crippen molar-refractivity contribution in [3.63, 3.8) is 0 Å². The molecule has 0 aliphatic rings. The third-order valence-corrected chi connectivity index (χ3v) is 2.26. The maximum absolute atomic E-state index is 13.5. The first-order valence-electron chi connectivity index (χ1n) is 5.06. The van der Waals surface area contributed by atoms with Crippen LogP contribution in [0.4, 0.5) is 4.39 Å². The number of nitrogens with zero attached hydrogens (tertiary/aromatic N) is 1. The summed E-state index contributed by atoms with van der Waals surface area (Å²) in [6.45, 7) is 2.51. The normalized spacial score (nSPS) is 10.7. The van der Waals surface area contributed by atoms with E-state index in [9.17, 15) is 4.39 Å². The molecule has 1 N–H and O–H groups in total. The van der Waals surface area contributed by atoms with E-state index < -0.39 is 0 Å². The summed E-state index contributed by atoms with van der Waals surface area (Å²) < 4.78 is 18.8. The number of rotatable bonds is 3. The van der Waals surface area contributed by atoms with E-state index in [1.807, 2.05) is 14.0 Å². The van der Waals surface area contributed by atoms with Crippen molar-refractivity contribution in [2.24, 2.45) is 0 Å². The van der Waals surface area contributed by atoms with Gasteiger partial charge in [0.25, 0.3) is 0 Å². The number of halogens is 1. The molecule has 0 unspecified atom stereocenters. The van der Waals surface area contributed by atoms with Crippen LogP contribution in [-0.4, -0.2) is 12.0 Å². The number of oxazole rings is 1. The van der Waals surface area contributed by atoms with Gasteiger partial charge < -0.3 is 9.73 Å². The fraction of sp³-hybridized carbons (Fsp3) is 0.250. The lowest BCUT2D eigenvalue weighted by molar-refractivity contribution is 0.560. The summed E-state index contributed by atoms with van der Waals surface area (Å²) in [5, 5.41) is 2.96. The van der Waals surface area contributed by atoms with E-state index in [2.05, 4.69) is 10.3 Å². The summed E-state index contributed by atoms with van der Waals surface area (Å²) >= 11 is 0. The smallest absolute Gasteiger partial charge is 0.229 e. The van der Waals surface area contributed by atoms with Crippen molar-refractivity contribution in [2.75, 3.05) is 7.05 Å². The zero-order valence-electron chi connectivity index (χ0n) is 9.25. The van der Waals surface area contributed by atoms with Gasteiger partial charge in [0.15, 0.2) is 0 Å². The highest BCUT2D eigenvalue weighted by Crippen LogP contribution is 2.23. The Balaban J connectivity index is 2.38. The number of hydrogen-bond acceptors (Lipinski definition) is 3. The minimum absolute atomic E-state index is 0.316. The van der Waals surface area contributed by atoms with Crippen molar-refractivity contribution < 1.29 is 8.81 Å². The molecule has 0 amide bonds. The molecule has 16 heavy (non-hydrogen) atoms. The van der Waals surface area contributed by atoms with Gasteiger partial charge >= 0.3 is 0 Å². The number of aryl methyl sites for hydroxylation is 1. The Labute approximate surface area is 93.3 Å². The minimum atomic E-state index is -0.316. The number of benzene rings is 1. The van der Waals surface area contributed by atoms with Crippen LogP contribution in [0.2, 0.25) is 0 Å². The third-order valence-electron chi connectivity index (χ3n) is 2.26. The van der Waals surface area contributed by atoms with Crippen LogP contribution in [0.15, 0.2) is 28.9 Å². The van der Waals surface area contributed by atoms with Crippen LogP contribution >= 0.6 is 0 Å². The second-order valence-corrected chi connectivity index (χ2v) is 3.66. The van der Waals surface area contributed by atoms with E-state index in [0.717, 1.165) is 11.3 Å². The van der Waals surface area contributed by atoms with E-state index in [1.165, 1.54) is 12.3 Å². The monoisotopic (exact) mass is 220 g/mol. The fourth-order valence-electron chi connectivity index (χ4n) is 1.50. The summed E-state index contributed by atoms with van der Waals surface area (Å²) in [5.74, 6) is 0.00917. The molecule has 1 heterocycles. The Bertz CT molecular complexity index is 494. The van der Waals surface area contributed by atoms with Crippen molar-refractivity contribution in [1.29, 1.82) is 0 Å². The first kappa shape index (κ1) is 10.8. The Morgan fingerprint density at radius 3 is 3.00 bits per heavy atom. The molecule has 0 bridgehead atoms. The highest BCUT2D eigenvalue weighted by Gasteiger charge is 2.11. The van der Waals surface area contributed by atoms with E-state index in [0.29, 0.717) is 18.0 Å². The van der Waals surface area contributed by atoms with E-state index in [-0.39, 0.29) is 5.82 Å². The summed E-state index contributed by atoms with van der Waals surface area (Å²) in [6, 6.07) is 4.87. The summed E-state index contributed by atoms with van der Waals surface area (Å²) in [5.41, 5.74) is 2.14. The van der Waals surface area contributed by atoms with Gasteiger partial charge in [-0.25, -0.2) is 9.37 Å². The lowest BCUT2D eigenvalue weighted by Gasteiger charge is -1.99. The Hall–Kier alpha value is -1.68. The third kappa shape index (κ3) is 2.12. The van der Waals surface area contributed by atoms with Gasteiger partial charge in [-0.15, -0.1) is 0 Å². The molecule has 2 aromatic rings. The molecular weight excluding hydrogens is 207 g/mol. The van der Waals surface area contributed by atoms with Crippen molar-refractivity contribution in [2.45, 2.75) is 13.5 Å². The molecule has 0 saturated heterocycles. The van der Waals surface area contributed by atoms with Crippen LogP contribution < -0.4 is 5.32 Å². The molecular formula is C12H13FN2O. The molecule has 0 aliphatic heterocycles. The van der Waals surface area contributed by atoms with Crippen LogP contribution in [0, 0.1) is 12.7 Å². The van der Waals surface area contributed by atoms with Gasteiger partial charge in [-0.1, -0.05) is 11.6 Å². The Morgan fingerprint density at radius 2 is 2.25 bits per heavy atom. The van der Waals surface area contributed by atoms with Crippen LogP contribution in [0.3, 0.4) is 0 Å². The van der Waals surface area contributed by atoms with Gasteiger partial charge in [0.1, 0.15) is 12.1 Å². The van der Waals surface area contributed by atoms with Crippen LogP contribution in [-0.2, 0) is 6.54 Å². The average molecular weight is 220 g/mol. The number of hydrogen-bond donors (Lipinski definition) is 1. The van der Waals surface area contributed by atoms with Crippen molar-refractivity contribution in [3.8, 4) is 11.5 Å². The molecule has 0 spiro atoms. The highest BCUT2D eigenvalue weighted by molar-refractivity contribution is 5.55. The number of aromatic nitrogens is 1. The first-order valence-corrected chi connectivity index (χ1v) is 5.06. The maximum Gasteiger partial charge on any atom is 0.229 e. The molecule has 0 saturated carbocycles. The van der Waals surface area contributed by atoms with Gasteiger partial charge in [0.05, 0.1) is 11.3 Å². The van der Waals surface area contributed by atoms with Crippen molar-refractivity contribution >= 4 is 0 Å². The van der Waals surface area contributed by atoms with Crippen molar-refractivity contribution in [1.82, 2.24) is 10.3 Å². The molecule has 0 fully saturated rings. The lowest BCUT2D eigenvalue weighted by Crippen LogP contribution is -2.04. The molecule has 2 rings (SSSR count). The van der Waals surface area contributed by atoms with Crippen LogP contribution in [0.25, 0.3) is 11.5 Å². The molecule has 0 atom stereocenters. The molecule has 1 aromatic carbocycles. The van der Waals surface area contributed by atoms with Gasteiger partial charge in [-0.3, -0.25) is 0 Å². The minimum Gasteiger partial charge on any atom is -0.444 e. The van der Waals surface area contributed by atoms with Gasteiger partial charge in [0.2, 0.25) is 5.89 Å². The second-order valence-electron chi connectivity index (χ2n) is 3.66. The fourth-order valence-corrected chi connectivity index (χ4v) is 1.50. The average Bonchev–Trinajstić information content (AvgIpc) is 2.71. The second kappa shape index (κ2) is 4.45. The molecule has 4 heteroatoms. The number of nitrogens with one attached hydrogen (secondary N) is 1.